The summed E-state index contributed by atoms with van der Waals surface area (Å²) in [6.45, 7) is 8.09. The fourth-order valence-corrected chi connectivity index (χ4v) is 5.55. The molecule has 8 heteroatoms. The van der Waals surface area contributed by atoms with Crippen molar-refractivity contribution in [3.63, 3.8) is 0 Å². The largest absolute Gasteiger partial charge is 0.460 e. The Kier molecular flexibility index (Phi) is 7.24. The van der Waals surface area contributed by atoms with Crippen LogP contribution in [0.3, 0.4) is 0 Å². The number of nitrogens with zero attached hydrogens (tertiary/aromatic N) is 3. The van der Waals surface area contributed by atoms with Crippen LogP contribution in [0.2, 0.25) is 0 Å². The first-order valence-electron chi connectivity index (χ1n) is 11.4. The molecule has 1 atom stereocenters. The minimum atomic E-state index is -0.403. The Balaban J connectivity index is 1.71. The van der Waals surface area contributed by atoms with Gasteiger partial charge in [0.05, 0.1) is 30.3 Å². The molecular weight excluding hydrogens is 438 g/mol. The van der Waals surface area contributed by atoms with Gasteiger partial charge in [0, 0.05) is 25.9 Å². The number of fused-ring (bicyclic) bond motifs is 1. The summed E-state index contributed by atoms with van der Waals surface area (Å²) in [5.41, 5.74) is 5.26. The highest BCUT2D eigenvalue weighted by Crippen LogP contribution is 2.45. The van der Waals surface area contributed by atoms with Gasteiger partial charge in [0.15, 0.2) is 5.17 Å². The molecule has 4 rings (SSSR count). The van der Waals surface area contributed by atoms with E-state index in [1.54, 1.807) is 7.11 Å². The van der Waals surface area contributed by atoms with Gasteiger partial charge in [-0.25, -0.2) is 9.79 Å². The van der Waals surface area contributed by atoms with E-state index in [9.17, 15) is 9.59 Å². The van der Waals surface area contributed by atoms with E-state index in [4.69, 9.17) is 14.5 Å². The van der Waals surface area contributed by atoms with Crippen LogP contribution in [0, 0.1) is 13.8 Å². The molecule has 0 aliphatic carbocycles. The molecule has 3 aliphatic rings. The molecule has 1 aromatic carbocycles. The maximum absolute atomic E-state index is 13.2. The number of amidine groups is 1. The van der Waals surface area contributed by atoms with E-state index in [2.05, 4.69) is 36.9 Å². The lowest BCUT2D eigenvalue weighted by atomic mass is 9.90. The molecule has 33 heavy (non-hydrogen) atoms. The van der Waals surface area contributed by atoms with Crippen LogP contribution in [0.15, 0.2) is 45.6 Å². The number of aryl methyl sites for hydroxylation is 2. The van der Waals surface area contributed by atoms with Gasteiger partial charge in [-0.3, -0.25) is 4.79 Å². The number of hydrogen-bond donors (Lipinski definition) is 0. The van der Waals surface area contributed by atoms with E-state index < -0.39 is 12.0 Å². The van der Waals surface area contributed by atoms with Crippen molar-refractivity contribution in [3.05, 3.63) is 57.3 Å². The molecule has 7 nitrogen and oxygen atoms in total. The van der Waals surface area contributed by atoms with Crippen molar-refractivity contribution in [3.8, 4) is 0 Å². The molecule has 0 aromatic heterocycles. The van der Waals surface area contributed by atoms with Gasteiger partial charge in [-0.1, -0.05) is 35.5 Å². The van der Waals surface area contributed by atoms with Crippen LogP contribution < -0.4 is 0 Å². The fourth-order valence-electron chi connectivity index (χ4n) is 4.59. The maximum atomic E-state index is 13.2. The predicted molar refractivity (Wildman–Crippen MR) is 130 cm³/mol. The van der Waals surface area contributed by atoms with E-state index in [1.807, 2.05) is 17.2 Å². The molecule has 3 heterocycles. The number of carbonyl (C=O) groups excluding carboxylic acids is 2. The van der Waals surface area contributed by atoms with Crippen molar-refractivity contribution in [2.75, 3.05) is 33.4 Å². The SMILES string of the molecule is COCCOC(=O)C1=C(C)N=C2SC=C(CC(=O)N3CCCC3)N2C1c1ccc(C)cc1C. The molecule has 3 aliphatic heterocycles. The van der Waals surface area contributed by atoms with Crippen LogP contribution in [0.1, 0.15) is 48.9 Å². The first-order chi connectivity index (χ1) is 15.9. The summed E-state index contributed by atoms with van der Waals surface area (Å²) in [5, 5.41) is 2.78. The molecule has 1 saturated heterocycles. The molecule has 0 saturated carbocycles. The lowest BCUT2D eigenvalue weighted by molar-refractivity contribution is -0.141. The van der Waals surface area contributed by atoms with E-state index in [1.165, 1.54) is 11.8 Å². The highest BCUT2D eigenvalue weighted by atomic mass is 32.2. The zero-order valence-corrected chi connectivity index (χ0v) is 20.5. The second-order valence-corrected chi connectivity index (χ2v) is 9.48. The lowest BCUT2D eigenvalue weighted by Gasteiger charge is -2.37. The van der Waals surface area contributed by atoms with E-state index >= 15 is 0 Å². The molecule has 1 unspecified atom stereocenters. The smallest absolute Gasteiger partial charge is 0.338 e. The van der Waals surface area contributed by atoms with Crippen molar-refractivity contribution < 1.29 is 19.1 Å². The molecule has 0 bridgehead atoms. The summed E-state index contributed by atoms with van der Waals surface area (Å²) in [7, 11) is 1.57. The van der Waals surface area contributed by atoms with Crippen LogP contribution in [0.25, 0.3) is 0 Å². The third kappa shape index (κ3) is 4.87. The minimum absolute atomic E-state index is 0.121. The summed E-state index contributed by atoms with van der Waals surface area (Å²) in [6, 6.07) is 5.84. The summed E-state index contributed by atoms with van der Waals surface area (Å²) >= 11 is 1.50. The highest BCUT2D eigenvalue weighted by Gasteiger charge is 2.42. The Morgan fingerprint density at radius 2 is 1.91 bits per heavy atom. The Labute approximate surface area is 199 Å². The Hall–Kier alpha value is -2.58. The number of amides is 1. The van der Waals surface area contributed by atoms with E-state index in [-0.39, 0.29) is 12.5 Å². The molecular formula is C25H31N3O4S. The second-order valence-electron chi connectivity index (χ2n) is 8.65. The maximum Gasteiger partial charge on any atom is 0.338 e. The van der Waals surface area contributed by atoms with Crippen LogP contribution in [0.4, 0.5) is 0 Å². The van der Waals surface area contributed by atoms with Crippen molar-refractivity contribution >= 4 is 28.8 Å². The quantitative estimate of drug-likeness (QED) is 0.443. The fraction of sp³-hybridized carbons (Fsp3) is 0.480. The van der Waals surface area contributed by atoms with Gasteiger partial charge >= 0.3 is 5.97 Å². The predicted octanol–water partition coefficient (Wildman–Crippen LogP) is 4.08. The third-order valence-corrected chi connectivity index (χ3v) is 7.14. The van der Waals surface area contributed by atoms with Gasteiger partial charge < -0.3 is 19.3 Å². The van der Waals surface area contributed by atoms with Gasteiger partial charge in [0.1, 0.15) is 6.61 Å². The number of allylic oxidation sites excluding steroid dienone is 1. The third-order valence-electron chi connectivity index (χ3n) is 6.25. The number of methoxy groups -OCH3 is 1. The summed E-state index contributed by atoms with van der Waals surface area (Å²) in [4.78, 5) is 34.9. The zero-order chi connectivity index (χ0) is 23.5. The van der Waals surface area contributed by atoms with Crippen LogP contribution in [-0.2, 0) is 19.1 Å². The van der Waals surface area contributed by atoms with Gasteiger partial charge in [0.25, 0.3) is 0 Å². The van der Waals surface area contributed by atoms with Gasteiger partial charge in [-0.05, 0) is 50.1 Å². The van der Waals surface area contributed by atoms with Crippen LogP contribution >= 0.6 is 11.8 Å². The molecule has 1 amide bonds. The topological polar surface area (TPSA) is 71.4 Å². The number of likely N-dealkylation sites (tertiary alicyclic amines) is 1. The van der Waals surface area contributed by atoms with Crippen molar-refractivity contribution in [2.24, 2.45) is 4.99 Å². The molecule has 0 radical (unpaired) electrons. The average molecular weight is 470 g/mol. The second kappa shape index (κ2) is 10.1. The van der Waals surface area contributed by atoms with Crippen LogP contribution in [-0.4, -0.2) is 60.3 Å². The number of hydrogen-bond acceptors (Lipinski definition) is 7. The van der Waals surface area contributed by atoms with E-state index in [0.717, 1.165) is 53.5 Å². The van der Waals surface area contributed by atoms with Gasteiger partial charge in [-0.2, -0.15) is 0 Å². The summed E-state index contributed by atoms with van der Waals surface area (Å²) in [5.74, 6) is -0.282. The first-order valence-corrected chi connectivity index (χ1v) is 12.2. The Morgan fingerprint density at radius 3 is 2.61 bits per heavy atom. The molecule has 1 aromatic rings. The monoisotopic (exact) mass is 469 g/mol. The van der Waals surface area contributed by atoms with Gasteiger partial charge in [0.2, 0.25) is 5.91 Å². The number of aliphatic imine (C=N–C) groups is 1. The van der Waals surface area contributed by atoms with Crippen LogP contribution in [0.5, 0.6) is 0 Å². The summed E-state index contributed by atoms with van der Waals surface area (Å²) in [6.07, 6.45) is 2.40. The Morgan fingerprint density at radius 1 is 1.15 bits per heavy atom. The Bertz CT molecular complexity index is 1040. The number of ether oxygens (including phenoxy) is 2. The standard InChI is InChI=1S/C25H31N3O4S/c1-16-7-8-20(17(2)13-16)23-22(24(30)32-12-11-31-4)18(3)26-25-28(23)19(15-33-25)14-21(29)27-9-5-6-10-27/h7-8,13,15,23H,5-6,9-12,14H2,1-4H3. The normalized spacial score (nSPS) is 20.1. The first kappa shape index (κ1) is 23.6. The lowest BCUT2D eigenvalue weighted by Crippen LogP contribution is -2.38. The average Bonchev–Trinajstić information content (AvgIpc) is 3.44. The molecule has 1 fully saturated rings. The van der Waals surface area contributed by atoms with Crippen molar-refractivity contribution in [2.45, 2.75) is 46.1 Å². The molecule has 176 valence electrons. The number of rotatable bonds is 7. The van der Waals surface area contributed by atoms with Crippen molar-refractivity contribution in [1.29, 1.82) is 0 Å². The number of carbonyl (C=O) groups is 2. The highest BCUT2D eigenvalue weighted by molar-refractivity contribution is 8.16. The van der Waals surface area contributed by atoms with Crippen molar-refractivity contribution in [1.82, 2.24) is 9.80 Å². The number of benzene rings is 1. The minimum Gasteiger partial charge on any atom is -0.460 e. The number of esters is 1. The summed E-state index contributed by atoms with van der Waals surface area (Å²) < 4.78 is 10.6. The molecule has 0 N–H and O–H groups in total. The number of thioether (sulfide) groups is 1. The molecule has 0 spiro atoms. The van der Waals surface area contributed by atoms with E-state index in [0.29, 0.717) is 24.3 Å². The van der Waals surface area contributed by atoms with Gasteiger partial charge in [-0.15, -0.1) is 0 Å². The zero-order valence-electron chi connectivity index (χ0n) is 19.7.